The molecule has 3 aromatic carbocycles. The third-order valence-electron chi connectivity index (χ3n) is 5.77. The predicted molar refractivity (Wildman–Crippen MR) is 144 cm³/mol. The quantitative estimate of drug-likeness (QED) is 0.393. The lowest BCUT2D eigenvalue weighted by atomic mass is 10.0. The largest absolute Gasteiger partial charge is 0.374 e. The first-order valence-corrected chi connectivity index (χ1v) is 12.4. The van der Waals surface area contributed by atoms with Gasteiger partial charge >= 0.3 is 0 Å². The lowest BCUT2D eigenvalue weighted by molar-refractivity contribution is -0.139. The second kappa shape index (κ2) is 13.0. The van der Waals surface area contributed by atoms with Gasteiger partial charge in [-0.3, -0.25) is 9.59 Å². The Kier molecular flexibility index (Phi) is 9.79. The minimum atomic E-state index is -0.799. The van der Waals surface area contributed by atoms with Crippen molar-refractivity contribution in [3.63, 3.8) is 0 Å². The summed E-state index contributed by atoms with van der Waals surface area (Å²) in [6.07, 6.45) is 0.114. The molecule has 3 N–H and O–H groups in total. The molecule has 0 saturated heterocycles. The van der Waals surface area contributed by atoms with Crippen LogP contribution >= 0.6 is 0 Å². The number of hydrogen-bond acceptors (Lipinski definition) is 4. The highest BCUT2D eigenvalue weighted by molar-refractivity contribution is 5.88. The fourth-order valence-electron chi connectivity index (χ4n) is 3.92. The van der Waals surface area contributed by atoms with E-state index < -0.39 is 11.6 Å². The van der Waals surface area contributed by atoms with Gasteiger partial charge in [0.15, 0.2) is 0 Å². The van der Waals surface area contributed by atoms with Crippen LogP contribution in [0.5, 0.6) is 0 Å². The van der Waals surface area contributed by atoms with Crippen LogP contribution < -0.4 is 11.1 Å². The highest BCUT2D eigenvalue weighted by Crippen LogP contribution is 2.20. The van der Waals surface area contributed by atoms with Crippen molar-refractivity contribution in [3.8, 4) is 11.1 Å². The lowest BCUT2D eigenvalue weighted by Gasteiger charge is -2.28. The molecule has 36 heavy (non-hydrogen) atoms. The van der Waals surface area contributed by atoms with Crippen LogP contribution in [0.15, 0.2) is 84.9 Å². The number of hydrogen-bond donors (Lipinski definition) is 2. The number of likely N-dealkylation sites (N-methyl/N-ethyl adjacent to an activating group) is 1. The van der Waals surface area contributed by atoms with Gasteiger partial charge in [-0.05, 0) is 43.0 Å². The highest BCUT2D eigenvalue weighted by atomic mass is 16.5. The third kappa shape index (κ3) is 8.63. The number of benzene rings is 3. The minimum absolute atomic E-state index is 0.0773. The first kappa shape index (κ1) is 27.1. The number of nitrogens with two attached hydrogens (primary N) is 1. The summed E-state index contributed by atoms with van der Waals surface area (Å²) in [5, 5.41) is 2.86. The maximum Gasteiger partial charge on any atom is 0.247 e. The van der Waals surface area contributed by atoms with Crippen molar-refractivity contribution in [1.82, 2.24) is 10.2 Å². The molecule has 0 saturated carbocycles. The Labute approximate surface area is 214 Å². The molecular formula is C30H37N3O3. The third-order valence-corrected chi connectivity index (χ3v) is 5.77. The second-order valence-electron chi connectivity index (χ2n) is 9.70. The molecule has 6 nitrogen and oxygen atoms in total. The molecule has 2 amide bonds. The predicted octanol–water partition coefficient (Wildman–Crippen LogP) is 4.53. The Balaban J connectivity index is 1.68. The molecule has 1 atom stereocenters. The summed E-state index contributed by atoms with van der Waals surface area (Å²) >= 11 is 0. The Bertz CT molecular complexity index is 1090. The Morgan fingerprint density at radius 1 is 0.889 bits per heavy atom. The zero-order valence-corrected chi connectivity index (χ0v) is 21.4. The molecule has 0 bridgehead atoms. The number of ether oxygens (including phenoxy) is 1. The van der Waals surface area contributed by atoms with Gasteiger partial charge in [0.05, 0.1) is 13.2 Å². The van der Waals surface area contributed by atoms with Crippen LogP contribution in [0.3, 0.4) is 0 Å². The van der Waals surface area contributed by atoms with E-state index in [1.807, 2.05) is 67.6 Å². The summed E-state index contributed by atoms with van der Waals surface area (Å²) < 4.78 is 5.85. The normalized spacial score (nSPS) is 12.1. The van der Waals surface area contributed by atoms with Gasteiger partial charge in [0, 0.05) is 25.0 Å². The molecule has 0 spiro atoms. The molecule has 0 heterocycles. The molecule has 3 aromatic rings. The van der Waals surface area contributed by atoms with E-state index in [-0.39, 0.29) is 24.8 Å². The van der Waals surface area contributed by atoms with Crippen molar-refractivity contribution in [3.05, 3.63) is 96.1 Å². The maximum absolute atomic E-state index is 13.5. The second-order valence-corrected chi connectivity index (χ2v) is 9.70. The number of amides is 2. The van der Waals surface area contributed by atoms with Crippen LogP contribution in [0.2, 0.25) is 0 Å². The zero-order valence-electron chi connectivity index (χ0n) is 21.4. The van der Waals surface area contributed by atoms with Crippen molar-refractivity contribution in [1.29, 1.82) is 0 Å². The van der Waals surface area contributed by atoms with Crippen molar-refractivity contribution in [2.24, 2.45) is 5.73 Å². The van der Waals surface area contributed by atoms with Crippen molar-refractivity contribution < 1.29 is 14.3 Å². The van der Waals surface area contributed by atoms with Crippen molar-refractivity contribution in [2.45, 2.75) is 51.9 Å². The van der Waals surface area contributed by atoms with E-state index >= 15 is 0 Å². The topological polar surface area (TPSA) is 84.7 Å². The van der Waals surface area contributed by atoms with E-state index in [1.54, 1.807) is 18.7 Å². The fourth-order valence-corrected chi connectivity index (χ4v) is 3.92. The highest BCUT2D eigenvalue weighted by Gasteiger charge is 2.27. The lowest BCUT2D eigenvalue weighted by Crippen LogP contribution is -2.52. The molecule has 190 valence electrons. The molecule has 0 radical (unpaired) electrons. The Morgan fingerprint density at radius 3 is 2.06 bits per heavy atom. The van der Waals surface area contributed by atoms with Gasteiger partial charge in [0.1, 0.15) is 6.04 Å². The van der Waals surface area contributed by atoms with E-state index in [1.165, 1.54) is 0 Å². The standard InChI is InChI=1S/C30H37N3O3/c1-4-33(20-23-15-17-26(18-16-23)25-13-9-6-10-14-25)29(35)27(32-28(34)19-30(2,3)31)22-36-21-24-11-7-5-8-12-24/h5-18,27H,4,19-22,31H2,1-3H3,(H,32,34)/t27-/m1/s1. The minimum Gasteiger partial charge on any atom is -0.374 e. The molecule has 0 unspecified atom stereocenters. The number of rotatable bonds is 12. The van der Waals surface area contributed by atoms with Crippen LogP contribution in [0.1, 0.15) is 38.3 Å². The summed E-state index contributed by atoms with van der Waals surface area (Å²) in [6, 6.07) is 27.3. The van der Waals surface area contributed by atoms with E-state index in [9.17, 15) is 9.59 Å². The maximum atomic E-state index is 13.5. The van der Waals surface area contributed by atoms with Crippen LogP contribution in [0, 0.1) is 0 Å². The first-order chi connectivity index (χ1) is 17.2. The summed E-state index contributed by atoms with van der Waals surface area (Å²) in [7, 11) is 0. The molecule has 0 aliphatic rings. The summed E-state index contributed by atoms with van der Waals surface area (Å²) in [6.45, 7) is 6.89. The van der Waals surface area contributed by atoms with Crippen molar-refractivity contribution >= 4 is 11.8 Å². The van der Waals surface area contributed by atoms with Gasteiger partial charge < -0.3 is 20.7 Å². The SMILES string of the molecule is CCN(Cc1ccc(-c2ccccc2)cc1)C(=O)[C@@H](COCc1ccccc1)NC(=O)CC(C)(C)N. The first-order valence-electron chi connectivity index (χ1n) is 12.4. The van der Waals surface area contributed by atoms with E-state index in [0.29, 0.717) is 19.7 Å². The zero-order chi connectivity index (χ0) is 26.0. The fraction of sp³-hybridized carbons (Fsp3) is 0.333. The van der Waals surface area contributed by atoms with Gasteiger partial charge in [-0.1, -0.05) is 84.9 Å². The van der Waals surface area contributed by atoms with Gasteiger partial charge in [0.2, 0.25) is 11.8 Å². The number of nitrogens with zero attached hydrogens (tertiary/aromatic N) is 1. The molecule has 0 aromatic heterocycles. The molecule has 6 heteroatoms. The summed E-state index contributed by atoms with van der Waals surface area (Å²) in [5.74, 6) is -0.451. The van der Waals surface area contributed by atoms with E-state index in [2.05, 4.69) is 29.6 Å². The van der Waals surface area contributed by atoms with Crippen LogP contribution in [-0.2, 0) is 27.5 Å². The summed E-state index contributed by atoms with van der Waals surface area (Å²) in [4.78, 5) is 27.9. The van der Waals surface area contributed by atoms with Crippen LogP contribution in [0.25, 0.3) is 11.1 Å². The van der Waals surface area contributed by atoms with Gasteiger partial charge in [-0.25, -0.2) is 0 Å². The average Bonchev–Trinajstić information content (AvgIpc) is 2.87. The smallest absolute Gasteiger partial charge is 0.247 e. The van der Waals surface area contributed by atoms with Crippen molar-refractivity contribution in [2.75, 3.05) is 13.2 Å². The van der Waals surface area contributed by atoms with Crippen LogP contribution in [0.4, 0.5) is 0 Å². The molecule has 0 fully saturated rings. The number of nitrogens with one attached hydrogen (secondary N) is 1. The molecule has 3 rings (SSSR count). The van der Waals surface area contributed by atoms with E-state index in [0.717, 1.165) is 22.3 Å². The molecule has 0 aliphatic carbocycles. The van der Waals surface area contributed by atoms with Gasteiger partial charge in [0.25, 0.3) is 0 Å². The molecule has 0 aliphatic heterocycles. The number of carbonyl (C=O) groups excluding carboxylic acids is 2. The van der Waals surface area contributed by atoms with Gasteiger partial charge in [-0.2, -0.15) is 0 Å². The average molecular weight is 488 g/mol. The van der Waals surface area contributed by atoms with E-state index in [4.69, 9.17) is 10.5 Å². The Hall–Kier alpha value is -3.48. The Morgan fingerprint density at radius 2 is 1.47 bits per heavy atom. The molecular weight excluding hydrogens is 450 g/mol. The monoisotopic (exact) mass is 487 g/mol. The number of carbonyl (C=O) groups is 2. The van der Waals surface area contributed by atoms with Gasteiger partial charge in [-0.15, -0.1) is 0 Å². The summed E-state index contributed by atoms with van der Waals surface area (Å²) in [5.41, 5.74) is 9.64. The van der Waals surface area contributed by atoms with Crippen LogP contribution in [-0.4, -0.2) is 41.4 Å².